The van der Waals surface area contributed by atoms with Crippen LogP contribution in [0, 0.1) is 17.8 Å². The summed E-state index contributed by atoms with van der Waals surface area (Å²) < 4.78 is 94.8. The lowest BCUT2D eigenvalue weighted by Crippen LogP contribution is -2.52. The molecule has 3 fully saturated rings. The second-order valence-electron chi connectivity index (χ2n) is 23.8. The standard InChI is InChI=1S/C25H30ClF2N5O2Si.2C19H16ClF2N5O/c1-36(2,3)11-10-35-17-33-23(13-21(31-33)19-6-8-29-9-7-19)32-16-25(27,28)14-20(24(32)34)12-18-4-5-22(26)30-15-18;2*20-16-2-1-12(10-24-16)7-14-9-19(21,22)11-27(18(14)28)17-8-15(25-26-17)13-3-5-23-6-4-13/h4-9,13,15,20H,10-12,14,16-17H2,1-3H3;2*1-6,8,10,14H,7,9,11H2,(H,25,26)/t;2*14-/m.10/s1. The number of ether oxygens (including phenoxy) is 1. The second-order valence-corrected chi connectivity index (χ2v) is 30.6. The highest BCUT2D eigenvalue weighted by Gasteiger charge is 2.49. The van der Waals surface area contributed by atoms with Gasteiger partial charge < -0.3 is 4.74 Å². The number of H-pyrrole nitrogens is 2. The van der Waals surface area contributed by atoms with Crippen molar-refractivity contribution in [1.29, 1.82) is 0 Å². The van der Waals surface area contributed by atoms with Crippen LogP contribution in [0.3, 0.4) is 0 Å². The first kappa shape index (κ1) is 66.5. The first-order valence-electron chi connectivity index (χ1n) is 29.2. The summed E-state index contributed by atoms with van der Waals surface area (Å²) in [5.74, 6) is -12.2. The lowest BCUT2D eigenvalue weighted by molar-refractivity contribution is -0.132. The Kier molecular flexibility index (Phi) is 20.7. The third-order valence-corrected chi connectivity index (χ3v) is 17.7. The van der Waals surface area contributed by atoms with Crippen LogP contribution in [-0.4, -0.2) is 130 Å². The summed E-state index contributed by atoms with van der Waals surface area (Å²) in [5.41, 5.74) is 6.21. The van der Waals surface area contributed by atoms with Crippen LogP contribution < -0.4 is 14.7 Å². The minimum absolute atomic E-state index is 0.0615. The number of aromatic nitrogens is 12. The number of nitrogens with zero attached hydrogens (tertiary/aromatic N) is 13. The highest BCUT2D eigenvalue weighted by atomic mass is 35.5. The van der Waals surface area contributed by atoms with Crippen molar-refractivity contribution >= 4 is 78.1 Å². The molecule has 3 saturated heterocycles. The van der Waals surface area contributed by atoms with E-state index in [1.165, 1.54) is 23.3 Å². The molecule has 0 aliphatic carbocycles. The van der Waals surface area contributed by atoms with Crippen molar-refractivity contribution in [2.75, 3.05) is 40.9 Å². The van der Waals surface area contributed by atoms with Gasteiger partial charge in [-0.15, -0.1) is 0 Å². The number of hydrogen-bond donors (Lipinski definition) is 2. The molecule has 1 unspecified atom stereocenters. The van der Waals surface area contributed by atoms with Gasteiger partial charge >= 0.3 is 0 Å². The number of pyridine rings is 6. The quantitative estimate of drug-likeness (QED) is 0.0375. The summed E-state index contributed by atoms with van der Waals surface area (Å²) in [6, 6.07) is 26.3. The van der Waals surface area contributed by atoms with E-state index in [0.717, 1.165) is 37.4 Å². The van der Waals surface area contributed by atoms with Gasteiger partial charge in [0.05, 0.1) is 36.7 Å². The number of halogens is 9. The van der Waals surface area contributed by atoms with Crippen molar-refractivity contribution < 1.29 is 45.5 Å². The van der Waals surface area contributed by atoms with E-state index in [4.69, 9.17) is 39.5 Å². The normalized spacial score (nSPS) is 18.6. The molecule has 19 nitrogen and oxygen atoms in total. The Bertz CT molecular complexity index is 3790. The summed E-state index contributed by atoms with van der Waals surface area (Å²) in [7, 11) is -1.31. The van der Waals surface area contributed by atoms with Gasteiger partial charge in [-0.05, 0) is 96.6 Å². The van der Waals surface area contributed by atoms with E-state index in [-0.39, 0.29) is 55.4 Å². The minimum atomic E-state index is -3.05. The fourth-order valence-corrected chi connectivity index (χ4v) is 11.9. The Balaban J connectivity index is 0.000000153. The largest absolute Gasteiger partial charge is 0.359 e. The van der Waals surface area contributed by atoms with E-state index >= 15 is 0 Å². The highest BCUT2D eigenvalue weighted by molar-refractivity contribution is 6.76. The van der Waals surface area contributed by atoms with Gasteiger partial charge in [-0.2, -0.15) is 15.3 Å². The zero-order valence-electron chi connectivity index (χ0n) is 49.9. The molecule has 12 rings (SSSR count). The average molecular weight is 1340 g/mol. The molecule has 3 aliphatic rings. The first-order chi connectivity index (χ1) is 43.8. The van der Waals surface area contributed by atoms with Crippen molar-refractivity contribution in [2.45, 2.75) is 88.7 Å². The number of hydrogen-bond acceptors (Lipinski definition) is 13. The first-order valence-corrected chi connectivity index (χ1v) is 34.0. The minimum Gasteiger partial charge on any atom is -0.359 e. The van der Waals surface area contributed by atoms with Gasteiger partial charge in [-0.1, -0.05) is 72.6 Å². The van der Waals surface area contributed by atoms with Crippen molar-refractivity contribution in [2.24, 2.45) is 17.8 Å². The van der Waals surface area contributed by atoms with Crippen molar-refractivity contribution in [3.8, 4) is 33.8 Å². The van der Waals surface area contributed by atoms with Gasteiger partial charge in [0.1, 0.15) is 28.0 Å². The molecule has 0 bridgehead atoms. The molecule has 3 aliphatic heterocycles. The summed E-state index contributed by atoms with van der Waals surface area (Å²) in [6.45, 7) is 5.26. The van der Waals surface area contributed by atoms with Crippen LogP contribution in [0.5, 0.6) is 0 Å². The molecule has 0 aromatic carbocycles. The predicted octanol–water partition coefficient (Wildman–Crippen LogP) is 13.0. The van der Waals surface area contributed by atoms with Crippen LogP contribution in [0.25, 0.3) is 33.8 Å². The van der Waals surface area contributed by atoms with E-state index in [1.54, 1.807) is 128 Å². The maximum absolute atomic E-state index is 14.9. The topological polar surface area (TPSA) is 223 Å². The van der Waals surface area contributed by atoms with Crippen molar-refractivity contribution in [3.05, 3.63) is 179 Å². The Morgan fingerprint density at radius 3 is 1.26 bits per heavy atom. The monoisotopic (exact) mass is 1340 g/mol. The Morgan fingerprint density at radius 1 is 0.522 bits per heavy atom. The molecule has 0 spiro atoms. The number of amides is 3. The number of nitrogens with one attached hydrogen (secondary N) is 2. The molecule has 480 valence electrons. The molecule has 12 heterocycles. The van der Waals surface area contributed by atoms with E-state index in [2.05, 4.69) is 75.0 Å². The third-order valence-electron chi connectivity index (χ3n) is 15.3. The zero-order valence-corrected chi connectivity index (χ0v) is 53.2. The molecule has 29 heteroatoms. The lowest BCUT2D eigenvalue weighted by Gasteiger charge is -2.37. The molecular weight excluding hydrogens is 1280 g/mol. The van der Waals surface area contributed by atoms with Gasteiger partial charge in [0.15, 0.2) is 11.6 Å². The van der Waals surface area contributed by atoms with Gasteiger partial charge in [0.2, 0.25) is 17.7 Å². The number of piperidine rings is 3. The summed E-state index contributed by atoms with van der Waals surface area (Å²) in [4.78, 5) is 66.4. The fraction of sp³-hybridized carbons (Fsp3) is 0.333. The SMILES string of the molecule is C[Si](C)(C)CCOCn1nc(-c2ccncc2)cc1N1CC(F)(F)CC(Cc2ccc(Cl)nc2)C1=O.O=C1[C@@H](Cc2ccc(Cl)nc2)CC(F)(F)CN1c1cc(-c2ccncc2)[nH]n1.O=C1[C@H](Cc2ccc(Cl)nc2)CC(F)(F)CN1c1cc(-c2ccncc2)[nH]n1. The summed E-state index contributed by atoms with van der Waals surface area (Å²) >= 11 is 17.4. The van der Waals surface area contributed by atoms with E-state index < -0.39 is 82.5 Å². The Hall–Kier alpha value is -8.43. The number of carbonyl (C=O) groups excluding carboxylic acids is 3. The van der Waals surface area contributed by atoms with Gasteiger partial charge in [0.25, 0.3) is 17.8 Å². The average Bonchev–Trinajstić information content (AvgIpc) is 1.52. The van der Waals surface area contributed by atoms with Crippen LogP contribution in [0.4, 0.5) is 43.8 Å². The summed E-state index contributed by atoms with van der Waals surface area (Å²) in [6.07, 6.45) is 13.2. The molecule has 0 saturated carbocycles. The smallest absolute Gasteiger partial charge is 0.266 e. The van der Waals surface area contributed by atoms with Gasteiger partial charge in [-0.3, -0.25) is 54.2 Å². The predicted molar refractivity (Wildman–Crippen MR) is 338 cm³/mol. The third kappa shape index (κ3) is 17.6. The van der Waals surface area contributed by atoms with Crippen LogP contribution in [0.1, 0.15) is 36.0 Å². The zero-order chi connectivity index (χ0) is 65.4. The van der Waals surface area contributed by atoms with Crippen LogP contribution in [-0.2, 0) is 45.1 Å². The molecule has 0 radical (unpaired) electrons. The van der Waals surface area contributed by atoms with Crippen molar-refractivity contribution in [1.82, 2.24) is 60.1 Å². The molecule has 3 amide bonds. The van der Waals surface area contributed by atoms with E-state index in [9.17, 15) is 40.7 Å². The van der Waals surface area contributed by atoms with Crippen LogP contribution >= 0.6 is 34.8 Å². The summed E-state index contributed by atoms with van der Waals surface area (Å²) in [5, 5.41) is 19.3. The van der Waals surface area contributed by atoms with Gasteiger partial charge in [0, 0.05) is 142 Å². The number of anilines is 3. The molecular formula is C63H62Cl3F6N15O4Si. The van der Waals surface area contributed by atoms with Crippen molar-refractivity contribution in [3.63, 3.8) is 0 Å². The maximum Gasteiger partial charge on any atom is 0.266 e. The highest BCUT2D eigenvalue weighted by Crippen LogP contribution is 2.40. The maximum atomic E-state index is 14.9. The fourth-order valence-electron chi connectivity index (χ4n) is 10.8. The molecule has 3 atom stereocenters. The van der Waals surface area contributed by atoms with Crippen LogP contribution in [0.15, 0.2) is 147 Å². The van der Waals surface area contributed by atoms with Gasteiger partial charge in [-0.25, -0.2) is 46.0 Å². The number of aromatic amines is 2. The molecule has 2 N–H and O–H groups in total. The van der Waals surface area contributed by atoms with Crippen LogP contribution in [0.2, 0.25) is 41.1 Å². The Morgan fingerprint density at radius 2 is 0.891 bits per heavy atom. The Labute approximate surface area is 541 Å². The molecule has 9 aromatic heterocycles. The number of rotatable bonds is 17. The second kappa shape index (κ2) is 28.6. The van der Waals surface area contributed by atoms with E-state index in [0.29, 0.717) is 61.7 Å². The lowest BCUT2D eigenvalue weighted by atomic mass is 9.89. The van der Waals surface area contributed by atoms with E-state index in [1.807, 2.05) is 0 Å². The molecule has 92 heavy (non-hydrogen) atoms. The number of carbonyl (C=O) groups is 3. The molecule has 9 aromatic rings. The number of alkyl halides is 6.